The molecule has 0 radical (unpaired) electrons. The van der Waals surface area contributed by atoms with Crippen LogP contribution in [-0.2, 0) is 5.41 Å². The van der Waals surface area contributed by atoms with E-state index in [1.165, 1.54) is 72.0 Å². The summed E-state index contributed by atoms with van der Waals surface area (Å²) in [5.41, 5.74) is 14.1. The van der Waals surface area contributed by atoms with Crippen LogP contribution in [0.5, 0.6) is 0 Å². The molecule has 0 N–H and O–H groups in total. The molecule has 196 valence electrons. The van der Waals surface area contributed by atoms with Gasteiger partial charge in [0.1, 0.15) is 0 Å². The van der Waals surface area contributed by atoms with Crippen LogP contribution in [-0.4, -0.2) is 4.57 Å². The fraction of sp³-hybridized carbons (Fsp3) is 0.0769. The lowest BCUT2D eigenvalue weighted by Crippen LogP contribution is -2.14. The number of benzene rings is 6. The molecule has 0 fully saturated rings. The molecule has 1 nitrogen and oxygen atoms in total. The smallest absolute Gasteiger partial charge is 0.0547 e. The van der Waals surface area contributed by atoms with Gasteiger partial charge in [0.2, 0.25) is 0 Å². The van der Waals surface area contributed by atoms with Crippen molar-refractivity contribution in [3.63, 3.8) is 0 Å². The average molecular weight is 591 g/mol. The highest BCUT2D eigenvalue weighted by molar-refractivity contribution is 9.10. The molecule has 0 amide bonds. The van der Waals surface area contributed by atoms with E-state index in [1.807, 2.05) is 0 Å². The number of hydrogen-bond donors (Lipinski definition) is 0. The van der Waals surface area contributed by atoms with Gasteiger partial charge in [0.15, 0.2) is 0 Å². The first-order valence-corrected chi connectivity index (χ1v) is 14.9. The number of nitrogens with zero attached hydrogens (tertiary/aromatic N) is 1. The Morgan fingerprint density at radius 1 is 0.488 bits per heavy atom. The second kappa shape index (κ2) is 9.06. The zero-order chi connectivity index (χ0) is 27.7. The predicted octanol–water partition coefficient (Wildman–Crippen LogP) is 11.2. The van der Waals surface area contributed by atoms with Gasteiger partial charge >= 0.3 is 0 Å². The van der Waals surface area contributed by atoms with Crippen LogP contribution < -0.4 is 0 Å². The van der Waals surface area contributed by atoms with Crippen LogP contribution in [0.4, 0.5) is 0 Å². The maximum atomic E-state index is 3.64. The van der Waals surface area contributed by atoms with E-state index in [2.05, 4.69) is 168 Å². The third kappa shape index (κ3) is 3.74. The van der Waals surface area contributed by atoms with E-state index in [9.17, 15) is 0 Å². The standard InChI is InChI=1S/C39H28BrN/c1-39(2)35-12-5-3-10-31(35)34-23-27(17-21-36(34)39)25-14-18-30(19-15-25)41-37-13-6-4-11-32(37)33-20-16-28(24-38(33)41)26-8-7-9-29(40)22-26/h3-24H,1-2H3. The van der Waals surface area contributed by atoms with Gasteiger partial charge in [-0.15, -0.1) is 0 Å². The number of halogens is 1. The molecular weight excluding hydrogens is 562 g/mol. The normalized spacial score (nSPS) is 13.4. The Hall–Kier alpha value is -4.40. The Balaban J connectivity index is 1.25. The van der Waals surface area contributed by atoms with Gasteiger partial charge in [-0.1, -0.05) is 121 Å². The number of para-hydroxylation sites is 1. The first-order valence-electron chi connectivity index (χ1n) is 14.1. The summed E-state index contributed by atoms with van der Waals surface area (Å²) in [6, 6.07) is 48.9. The van der Waals surface area contributed by atoms with E-state index in [0.29, 0.717) is 0 Å². The maximum Gasteiger partial charge on any atom is 0.0547 e. The molecule has 8 rings (SSSR count). The van der Waals surface area contributed by atoms with Crippen LogP contribution in [0.25, 0.3) is 60.9 Å². The summed E-state index contributed by atoms with van der Waals surface area (Å²) in [5.74, 6) is 0. The molecule has 0 saturated heterocycles. The fourth-order valence-electron chi connectivity index (χ4n) is 6.80. The van der Waals surface area contributed by atoms with Crippen molar-refractivity contribution in [3.8, 4) is 39.1 Å². The number of aromatic nitrogens is 1. The van der Waals surface area contributed by atoms with Gasteiger partial charge < -0.3 is 4.57 Å². The summed E-state index contributed by atoms with van der Waals surface area (Å²) in [6.07, 6.45) is 0. The summed E-state index contributed by atoms with van der Waals surface area (Å²) in [6.45, 7) is 4.67. The van der Waals surface area contributed by atoms with Crippen molar-refractivity contribution in [2.75, 3.05) is 0 Å². The van der Waals surface area contributed by atoms with E-state index >= 15 is 0 Å². The zero-order valence-corrected chi connectivity index (χ0v) is 24.6. The Morgan fingerprint density at radius 2 is 1.15 bits per heavy atom. The molecule has 0 spiro atoms. The minimum atomic E-state index is 0.0273. The maximum absolute atomic E-state index is 3.64. The number of rotatable bonds is 3. The van der Waals surface area contributed by atoms with Crippen molar-refractivity contribution < 1.29 is 0 Å². The first-order chi connectivity index (χ1) is 20.0. The topological polar surface area (TPSA) is 4.93 Å². The van der Waals surface area contributed by atoms with Gasteiger partial charge in [-0.05, 0) is 87.0 Å². The van der Waals surface area contributed by atoms with Gasteiger partial charge in [-0.3, -0.25) is 0 Å². The van der Waals surface area contributed by atoms with Crippen molar-refractivity contribution in [3.05, 3.63) is 149 Å². The van der Waals surface area contributed by atoms with E-state index in [4.69, 9.17) is 0 Å². The Labute approximate surface area is 248 Å². The molecular formula is C39H28BrN. The lowest BCUT2D eigenvalue weighted by Gasteiger charge is -2.21. The summed E-state index contributed by atoms with van der Waals surface area (Å²) in [5, 5.41) is 2.54. The molecule has 2 heteroatoms. The molecule has 1 aliphatic carbocycles. The predicted molar refractivity (Wildman–Crippen MR) is 177 cm³/mol. The number of hydrogen-bond acceptors (Lipinski definition) is 0. The second-order valence-corrected chi connectivity index (χ2v) is 12.5. The lowest BCUT2D eigenvalue weighted by atomic mass is 9.82. The first kappa shape index (κ1) is 24.4. The highest BCUT2D eigenvalue weighted by Crippen LogP contribution is 2.49. The van der Waals surface area contributed by atoms with Crippen LogP contribution in [0.3, 0.4) is 0 Å². The van der Waals surface area contributed by atoms with Crippen LogP contribution in [0.2, 0.25) is 0 Å². The SMILES string of the molecule is CC1(C)c2ccccc2-c2cc(-c3ccc(-n4c5ccccc5c5ccc(-c6cccc(Br)c6)cc54)cc3)ccc21. The van der Waals surface area contributed by atoms with Crippen molar-refractivity contribution in [1.29, 1.82) is 0 Å². The molecule has 1 aliphatic rings. The van der Waals surface area contributed by atoms with Crippen LogP contribution in [0.1, 0.15) is 25.0 Å². The van der Waals surface area contributed by atoms with Crippen molar-refractivity contribution in [2.45, 2.75) is 19.3 Å². The Morgan fingerprint density at radius 3 is 2.00 bits per heavy atom. The summed E-state index contributed by atoms with van der Waals surface area (Å²) in [4.78, 5) is 0. The van der Waals surface area contributed by atoms with Crippen LogP contribution >= 0.6 is 15.9 Å². The van der Waals surface area contributed by atoms with E-state index in [-0.39, 0.29) is 5.41 Å². The minimum absolute atomic E-state index is 0.0273. The van der Waals surface area contributed by atoms with Gasteiger partial charge in [0.05, 0.1) is 11.0 Å². The Kier molecular flexibility index (Phi) is 5.39. The second-order valence-electron chi connectivity index (χ2n) is 11.6. The van der Waals surface area contributed by atoms with Crippen molar-refractivity contribution in [1.82, 2.24) is 4.57 Å². The molecule has 0 bridgehead atoms. The van der Waals surface area contributed by atoms with Crippen LogP contribution in [0, 0.1) is 0 Å². The zero-order valence-electron chi connectivity index (χ0n) is 23.0. The quantitative estimate of drug-likeness (QED) is 0.193. The number of fused-ring (bicyclic) bond motifs is 6. The molecule has 0 saturated carbocycles. The monoisotopic (exact) mass is 589 g/mol. The van der Waals surface area contributed by atoms with E-state index in [1.54, 1.807) is 0 Å². The third-order valence-corrected chi connectivity index (χ3v) is 9.37. The summed E-state index contributed by atoms with van der Waals surface area (Å²) >= 11 is 3.64. The molecule has 1 heterocycles. The minimum Gasteiger partial charge on any atom is -0.309 e. The molecule has 0 aliphatic heterocycles. The van der Waals surface area contributed by atoms with Gasteiger partial charge in [-0.2, -0.15) is 0 Å². The third-order valence-electron chi connectivity index (χ3n) is 8.87. The highest BCUT2D eigenvalue weighted by Gasteiger charge is 2.35. The van der Waals surface area contributed by atoms with E-state index in [0.717, 1.165) is 4.47 Å². The molecule has 6 aromatic carbocycles. The molecule has 0 unspecified atom stereocenters. The highest BCUT2D eigenvalue weighted by atomic mass is 79.9. The molecule has 7 aromatic rings. The Bertz CT molecular complexity index is 2130. The molecule has 0 atom stereocenters. The van der Waals surface area contributed by atoms with Gasteiger partial charge in [0, 0.05) is 26.3 Å². The van der Waals surface area contributed by atoms with E-state index < -0.39 is 0 Å². The molecule has 1 aromatic heterocycles. The van der Waals surface area contributed by atoms with Crippen molar-refractivity contribution in [2.24, 2.45) is 0 Å². The van der Waals surface area contributed by atoms with Gasteiger partial charge in [-0.25, -0.2) is 0 Å². The van der Waals surface area contributed by atoms with Crippen LogP contribution in [0.15, 0.2) is 138 Å². The van der Waals surface area contributed by atoms with Crippen molar-refractivity contribution >= 4 is 37.7 Å². The summed E-state index contributed by atoms with van der Waals surface area (Å²) < 4.78 is 3.49. The fourth-order valence-corrected chi connectivity index (χ4v) is 7.20. The molecule has 41 heavy (non-hydrogen) atoms. The average Bonchev–Trinajstić information content (AvgIpc) is 3.46. The van der Waals surface area contributed by atoms with Gasteiger partial charge in [0.25, 0.3) is 0 Å². The largest absolute Gasteiger partial charge is 0.309 e. The summed E-state index contributed by atoms with van der Waals surface area (Å²) in [7, 11) is 0. The lowest BCUT2D eigenvalue weighted by molar-refractivity contribution is 0.660.